The number of carbonyl (C=O) groups excluding carboxylic acids is 1. The molecule has 1 atom stereocenters. The minimum Gasteiger partial charge on any atom is -0.441 e. The molecule has 2 aromatic rings. The molecule has 6 nitrogen and oxygen atoms in total. The standard InChI is InChI=1S/C15H14N2O4/c18-14-9-5-1-3-7-11(9)16-13(17-14)10-6-2-4-8-12(10)21-15(19)20/h1-8,13,15-16,19-20H,(H,17,18). The molecule has 0 aromatic heterocycles. The van der Waals surface area contributed by atoms with E-state index in [1.54, 1.807) is 36.4 Å². The van der Waals surface area contributed by atoms with E-state index in [1.165, 1.54) is 0 Å². The van der Waals surface area contributed by atoms with Gasteiger partial charge < -0.3 is 25.6 Å². The molecule has 0 saturated heterocycles. The van der Waals surface area contributed by atoms with Crippen molar-refractivity contribution in [2.24, 2.45) is 0 Å². The number of anilines is 1. The van der Waals surface area contributed by atoms with E-state index in [0.29, 0.717) is 16.8 Å². The third kappa shape index (κ3) is 2.67. The highest BCUT2D eigenvalue weighted by Crippen LogP contribution is 2.31. The highest BCUT2D eigenvalue weighted by Gasteiger charge is 2.26. The van der Waals surface area contributed by atoms with Gasteiger partial charge in [0.1, 0.15) is 11.9 Å². The zero-order chi connectivity index (χ0) is 14.8. The minimum atomic E-state index is -1.92. The summed E-state index contributed by atoms with van der Waals surface area (Å²) in [5.74, 6) is 0.0818. The summed E-state index contributed by atoms with van der Waals surface area (Å²) < 4.78 is 4.94. The van der Waals surface area contributed by atoms with Crippen LogP contribution in [0.2, 0.25) is 0 Å². The summed E-state index contributed by atoms with van der Waals surface area (Å²) in [5.41, 5.74) is 1.88. The number of ether oxygens (including phenoxy) is 1. The summed E-state index contributed by atoms with van der Waals surface area (Å²) in [7, 11) is 0. The number of hydrogen-bond acceptors (Lipinski definition) is 5. The number of fused-ring (bicyclic) bond motifs is 1. The molecule has 0 radical (unpaired) electrons. The van der Waals surface area contributed by atoms with Gasteiger partial charge in [0, 0.05) is 11.3 Å². The molecule has 0 fully saturated rings. The lowest BCUT2D eigenvalue weighted by molar-refractivity contribution is -0.179. The molecule has 0 aliphatic carbocycles. The zero-order valence-corrected chi connectivity index (χ0v) is 11.0. The van der Waals surface area contributed by atoms with E-state index in [2.05, 4.69) is 10.6 Å². The summed E-state index contributed by atoms with van der Waals surface area (Å²) in [4.78, 5) is 12.1. The first kappa shape index (κ1) is 13.4. The lowest BCUT2D eigenvalue weighted by atomic mass is 10.1. The third-order valence-corrected chi connectivity index (χ3v) is 3.21. The van der Waals surface area contributed by atoms with Crippen molar-refractivity contribution in [1.29, 1.82) is 0 Å². The first-order valence-corrected chi connectivity index (χ1v) is 6.43. The number of aliphatic hydroxyl groups excluding tert-OH is 1. The number of rotatable bonds is 3. The largest absolute Gasteiger partial charge is 0.441 e. The summed E-state index contributed by atoms with van der Waals surface area (Å²) in [6.07, 6.45) is -0.512. The monoisotopic (exact) mass is 286 g/mol. The Kier molecular flexibility index (Phi) is 3.47. The summed E-state index contributed by atoms with van der Waals surface area (Å²) in [5, 5.41) is 23.9. The van der Waals surface area contributed by atoms with Gasteiger partial charge >= 0.3 is 6.48 Å². The van der Waals surface area contributed by atoms with Crippen LogP contribution in [-0.4, -0.2) is 22.6 Å². The van der Waals surface area contributed by atoms with Crippen LogP contribution in [0.3, 0.4) is 0 Å². The summed E-state index contributed by atoms with van der Waals surface area (Å²) in [6.45, 7) is -1.92. The Morgan fingerprint density at radius 1 is 1.00 bits per heavy atom. The fourth-order valence-electron chi connectivity index (χ4n) is 2.30. The fourth-order valence-corrected chi connectivity index (χ4v) is 2.30. The van der Waals surface area contributed by atoms with Crippen molar-refractivity contribution in [3.05, 3.63) is 59.7 Å². The molecule has 1 heterocycles. The topological polar surface area (TPSA) is 90.8 Å². The van der Waals surface area contributed by atoms with E-state index in [-0.39, 0.29) is 11.7 Å². The molecule has 1 amide bonds. The molecule has 0 bridgehead atoms. The van der Waals surface area contributed by atoms with Crippen LogP contribution >= 0.6 is 0 Å². The van der Waals surface area contributed by atoms with Gasteiger partial charge in [-0.15, -0.1) is 0 Å². The van der Waals surface area contributed by atoms with Crippen LogP contribution in [0.1, 0.15) is 22.1 Å². The van der Waals surface area contributed by atoms with Gasteiger partial charge in [-0.25, -0.2) is 0 Å². The smallest absolute Gasteiger partial charge is 0.310 e. The van der Waals surface area contributed by atoms with Crippen LogP contribution in [-0.2, 0) is 0 Å². The maximum absolute atomic E-state index is 12.1. The van der Waals surface area contributed by atoms with Crippen molar-refractivity contribution in [2.45, 2.75) is 12.6 Å². The number of amides is 1. The molecule has 2 aromatic carbocycles. The Labute approximate surface area is 121 Å². The van der Waals surface area contributed by atoms with Gasteiger partial charge in [-0.2, -0.15) is 0 Å². The number of carbonyl (C=O) groups is 1. The Morgan fingerprint density at radius 2 is 1.71 bits per heavy atom. The zero-order valence-electron chi connectivity index (χ0n) is 11.0. The van der Waals surface area contributed by atoms with Crippen LogP contribution < -0.4 is 15.4 Å². The first-order valence-electron chi connectivity index (χ1n) is 6.43. The van der Waals surface area contributed by atoms with Crippen molar-refractivity contribution in [3.8, 4) is 5.75 Å². The van der Waals surface area contributed by atoms with E-state index < -0.39 is 12.6 Å². The molecular formula is C15H14N2O4. The van der Waals surface area contributed by atoms with Gasteiger partial charge in [0.25, 0.3) is 5.91 Å². The predicted octanol–water partition coefficient (Wildman–Crippen LogP) is 1.19. The van der Waals surface area contributed by atoms with Gasteiger partial charge in [0.2, 0.25) is 0 Å². The minimum absolute atomic E-state index is 0.200. The molecule has 4 N–H and O–H groups in total. The van der Waals surface area contributed by atoms with Crippen molar-refractivity contribution >= 4 is 11.6 Å². The molecule has 1 unspecified atom stereocenters. The van der Waals surface area contributed by atoms with Crippen LogP contribution in [0.25, 0.3) is 0 Å². The van der Waals surface area contributed by atoms with Crippen molar-refractivity contribution in [1.82, 2.24) is 5.32 Å². The van der Waals surface area contributed by atoms with Crippen LogP contribution in [0, 0.1) is 0 Å². The lowest BCUT2D eigenvalue weighted by Crippen LogP contribution is -2.38. The first-order chi connectivity index (χ1) is 10.1. The maximum Gasteiger partial charge on any atom is 0.310 e. The summed E-state index contributed by atoms with van der Waals surface area (Å²) in [6, 6.07) is 14.0. The van der Waals surface area contributed by atoms with Crippen LogP contribution in [0.15, 0.2) is 48.5 Å². The Hall–Kier alpha value is -2.57. The normalized spacial score (nSPS) is 16.9. The van der Waals surface area contributed by atoms with Gasteiger partial charge in [-0.3, -0.25) is 4.79 Å². The van der Waals surface area contributed by atoms with E-state index in [4.69, 9.17) is 14.9 Å². The molecule has 0 saturated carbocycles. The Balaban J connectivity index is 1.94. The van der Waals surface area contributed by atoms with E-state index >= 15 is 0 Å². The van der Waals surface area contributed by atoms with Crippen molar-refractivity contribution in [2.75, 3.05) is 5.32 Å². The second-order valence-electron chi connectivity index (χ2n) is 4.58. The number of aliphatic hydroxyl groups is 2. The molecule has 0 spiro atoms. The second kappa shape index (κ2) is 5.43. The number of benzene rings is 2. The third-order valence-electron chi connectivity index (χ3n) is 3.21. The number of para-hydroxylation sites is 2. The lowest BCUT2D eigenvalue weighted by Gasteiger charge is -2.29. The average molecular weight is 286 g/mol. The predicted molar refractivity (Wildman–Crippen MR) is 75.6 cm³/mol. The van der Waals surface area contributed by atoms with Gasteiger partial charge in [0.05, 0.1) is 5.56 Å². The molecule has 1 aliphatic heterocycles. The maximum atomic E-state index is 12.1. The van der Waals surface area contributed by atoms with Gasteiger partial charge in [-0.05, 0) is 18.2 Å². The second-order valence-corrected chi connectivity index (χ2v) is 4.58. The highest BCUT2D eigenvalue weighted by atomic mass is 16.7. The van der Waals surface area contributed by atoms with Crippen molar-refractivity contribution in [3.63, 3.8) is 0 Å². The van der Waals surface area contributed by atoms with Crippen LogP contribution in [0.4, 0.5) is 5.69 Å². The van der Waals surface area contributed by atoms with E-state index in [0.717, 1.165) is 0 Å². The average Bonchev–Trinajstić information content (AvgIpc) is 2.47. The molecule has 3 rings (SSSR count). The van der Waals surface area contributed by atoms with Crippen molar-refractivity contribution < 1.29 is 19.7 Å². The SMILES string of the molecule is O=C1NC(c2ccccc2OC(O)O)Nc2ccccc21. The highest BCUT2D eigenvalue weighted by molar-refractivity contribution is 6.01. The van der Waals surface area contributed by atoms with E-state index in [1.807, 2.05) is 12.1 Å². The number of hydrogen-bond donors (Lipinski definition) is 4. The Morgan fingerprint density at radius 3 is 2.52 bits per heavy atom. The quantitative estimate of drug-likeness (QED) is 0.636. The van der Waals surface area contributed by atoms with Gasteiger partial charge in [0.15, 0.2) is 0 Å². The van der Waals surface area contributed by atoms with Crippen LogP contribution in [0.5, 0.6) is 5.75 Å². The summed E-state index contributed by atoms with van der Waals surface area (Å²) >= 11 is 0. The molecule has 1 aliphatic rings. The molecule has 21 heavy (non-hydrogen) atoms. The van der Waals surface area contributed by atoms with Gasteiger partial charge in [-0.1, -0.05) is 30.3 Å². The molecular weight excluding hydrogens is 272 g/mol. The molecule has 6 heteroatoms. The fraction of sp³-hybridized carbons (Fsp3) is 0.133. The number of nitrogens with one attached hydrogen (secondary N) is 2. The van der Waals surface area contributed by atoms with E-state index in [9.17, 15) is 4.79 Å². The Bertz CT molecular complexity index is 672. The molecule has 108 valence electrons.